The van der Waals surface area contributed by atoms with Crippen LogP contribution in [0.15, 0.2) is 30.3 Å². The van der Waals surface area contributed by atoms with Crippen molar-refractivity contribution in [3.63, 3.8) is 0 Å². The molecule has 5 nitrogen and oxygen atoms in total. The summed E-state index contributed by atoms with van der Waals surface area (Å²) in [7, 11) is 0. The Morgan fingerprint density at radius 3 is 2.46 bits per heavy atom. The van der Waals surface area contributed by atoms with Gasteiger partial charge in [0.2, 0.25) is 5.91 Å². The topological polar surface area (TPSA) is 50.8 Å². The van der Waals surface area contributed by atoms with E-state index in [4.69, 9.17) is 9.47 Å². The third kappa shape index (κ3) is 2.85. The molecule has 1 N–H and O–H groups in total. The van der Waals surface area contributed by atoms with Crippen LogP contribution in [0.25, 0.3) is 0 Å². The Balaban J connectivity index is 1.44. The molecule has 0 bridgehead atoms. The van der Waals surface area contributed by atoms with E-state index in [0.717, 1.165) is 58.6 Å². The largest absolute Gasteiger partial charge is 0.379 e. The van der Waals surface area contributed by atoms with Crippen molar-refractivity contribution in [3.05, 3.63) is 35.9 Å². The van der Waals surface area contributed by atoms with Crippen LogP contribution in [0.3, 0.4) is 0 Å². The number of morpholine rings is 1. The SMILES string of the molecule is O=C(NCC1(c2ccccc2)CCCO1)C1(N2CCOCC2)CC1. The number of rotatable bonds is 5. The average Bonchev–Trinajstić information content (AvgIpc) is 3.33. The van der Waals surface area contributed by atoms with E-state index >= 15 is 0 Å². The maximum atomic E-state index is 12.9. The van der Waals surface area contributed by atoms with Gasteiger partial charge in [0.15, 0.2) is 0 Å². The molecule has 0 spiro atoms. The van der Waals surface area contributed by atoms with Crippen molar-refractivity contribution in [2.45, 2.75) is 36.8 Å². The Morgan fingerprint density at radius 2 is 1.83 bits per heavy atom. The maximum absolute atomic E-state index is 12.9. The first-order chi connectivity index (χ1) is 11.8. The Hall–Kier alpha value is -1.43. The van der Waals surface area contributed by atoms with Crippen LogP contribution in [-0.2, 0) is 19.9 Å². The Labute approximate surface area is 143 Å². The summed E-state index contributed by atoms with van der Waals surface area (Å²) in [5.74, 6) is 0.162. The lowest BCUT2D eigenvalue weighted by molar-refractivity contribution is -0.131. The number of nitrogens with zero attached hydrogens (tertiary/aromatic N) is 1. The van der Waals surface area contributed by atoms with Gasteiger partial charge >= 0.3 is 0 Å². The molecule has 2 aliphatic heterocycles. The molecule has 2 heterocycles. The molecule has 3 fully saturated rings. The summed E-state index contributed by atoms with van der Waals surface area (Å²) in [6.07, 6.45) is 3.91. The maximum Gasteiger partial charge on any atom is 0.240 e. The van der Waals surface area contributed by atoms with Gasteiger partial charge in [0.1, 0.15) is 11.1 Å². The quantitative estimate of drug-likeness (QED) is 0.892. The molecule has 4 rings (SSSR count). The first kappa shape index (κ1) is 16.1. The Kier molecular flexibility index (Phi) is 4.33. The van der Waals surface area contributed by atoms with Gasteiger partial charge in [0.25, 0.3) is 0 Å². The first-order valence-corrected chi connectivity index (χ1v) is 9.06. The molecule has 1 unspecified atom stereocenters. The van der Waals surface area contributed by atoms with Crippen LogP contribution in [0, 0.1) is 0 Å². The predicted octanol–water partition coefficient (Wildman–Crippen LogP) is 1.67. The average molecular weight is 330 g/mol. The molecule has 130 valence electrons. The molecule has 1 amide bonds. The van der Waals surface area contributed by atoms with E-state index in [1.165, 1.54) is 5.56 Å². The number of hydrogen-bond acceptors (Lipinski definition) is 4. The summed E-state index contributed by atoms with van der Waals surface area (Å²) < 4.78 is 11.5. The summed E-state index contributed by atoms with van der Waals surface area (Å²) in [4.78, 5) is 15.2. The second kappa shape index (κ2) is 6.47. The van der Waals surface area contributed by atoms with Crippen LogP contribution in [0.2, 0.25) is 0 Å². The molecule has 0 radical (unpaired) electrons. The van der Waals surface area contributed by atoms with Gasteiger partial charge in [-0.25, -0.2) is 0 Å². The lowest BCUT2D eigenvalue weighted by Crippen LogP contribution is -2.55. The second-order valence-corrected chi connectivity index (χ2v) is 7.13. The molecule has 1 aromatic rings. The van der Waals surface area contributed by atoms with Crippen LogP contribution < -0.4 is 5.32 Å². The van der Waals surface area contributed by atoms with Crippen molar-refractivity contribution in [3.8, 4) is 0 Å². The number of nitrogens with one attached hydrogen (secondary N) is 1. The summed E-state index contributed by atoms with van der Waals surface area (Å²) >= 11 is 0. The Bertz CT molecular complexity index is 574. The van der Waals surface area contributed by atoms with E-state index in [1.807, 2.05) is 18.2 Å². The highest BCUT2D eigenvalue weighted by molar-refractivity contribution is 5.89. The number of amides is 1. The molecule has 2 saturated heterocycles. The monoisotopic (exact) mass is 330 g/mol. The number of hydrogen-bond donors (Lipinski definition) is 1. The lowest BCUT2D eigenvalue weighted by Gasteiger charge is -2.35. The summed E-state index contributed by atoms with van der Waals surface area (Å²) in [5, 5.41) is 3.22. The van der Waals surface area contributed by atoms with E-state index in [1.54, 1.807) is 0 Å². The Morgan fingerprint density at radius 1 is 1.08 bits per heavy atom. The highest BCUT2D eigenvalue weighted by atomic mass is 16.5. The van der Waals surface area contributed by atoms with Gasteiger partial charge in [-0.2, -0.15) is 0 Å². The van der Waals surface area contributed by atoms with E-state index in [-0.39, 0.29) is 17.0 Å². The zero-order chi connectivity index (χ0) is 16.5. The molecular weight excluding hydrogens is 304 g/mol. The normalized spacial score (nSPS) is 29.3. The van der Waals surface area contributed by atoms with Crippen LogP contribution in [0.4, 0.5) is 0 Å². The zero-order valence-electron chi connectivity index (χ0n) is 14.1. The fourth-order valence-electron chi connectivity index (χ4n) is 4.09. The molecule has 5 heteroatoms. The molecule has 1 atom stereocenters. The van der Waals surface area contributed by atoms with Crippen LogP contribution in [0.5, 0.6) is 0 Å². The summed E-state index contributed by atoms with van der Waals surface area (Å²) in [6.45, 7) is 4.49. The van der Waals surface area contributed by atoms with Crippen molar-refractivity contribution in [2.75, 3.05) is 39.5 Å². The van der Waals surface area contributed by atoms with E-state index in [9.17, 15) is 4.79 Å². The minimum absolute atomic E-state index is 0.162. The molecule has 1 saturated carbocycles. The lowest BCUT2D eigenvalue weighted by atomic mass is 9.90. The van der Waals surface area contributed by atoms with Crippen LogP contribution in [0.1, 0.15) is 31.2 Å². The third-order valence-electron chi connectivity index (χ3n) is 5.70. The summed E-state index contributed by atoms with van der Waals surface area (Å²) in [6, 6.07) is 10.3. The van der Waals surface area contributed by atoms with Crippen molar-refractivity contribution in [1.29, 1.82) is 0 Å². The van der Waals surface area contributed by atoms with Gasteiger partial charge in [-0.05, 0) is 31.2 Å². The number of carbonyl (C=O) groups excluding carboxylic acids is 1. The van der Waals surface area contributed by atoms with Gasteiger partial charge in [-0.1, -0.05) is 30.3 Å². The van der Waals surface area contributed by atoms with Crippen LogP contribution in [-0.4, -0.2) is 55.8 Å². The minimum Gasteiger partial charge on any atom is -0.379 e. The third-order valence-corrected chi connectivity index (χ3v) is 5.70. The standard InChI is InChI=1S/C19H26N2O3/c22-17(18(8-9-18)21-10-13-23-14-11-21)20-15-19(7-4-12-24-19)16-5-2-1-3-6-16/h1-3,5-6H,4,7-15H2,(H,20,22). The predicted molar refractivity (Wildman–Crippen MR) is 90.7 cm³/mol. The van der Waals surface area contributed by atoms with E-state index < -0.39 is 0 Å². The number of benzene rings is 1. The first-order valence-electron chi connectivity index (χ1n) is 9.06. The van der Waals surface area contributed by atoms with E-state index in [2.05, 4.69) is 22.3 Å². The van der Waals surface area contributed by atoms with Gasteiger partial charge < -0.3 is 14.8 Å². The fourth-order valence-corrected chi connectivity index (χ4v) is 4.09. The highest BCUT2D eigenvalue weighted by Gasteiger charge is 2.55. The van der Waals surface area contributed by atoms with Crippen molar-refractivity contribution >= 4 is 5.91 Å². The van der Waals surface area contributed by atoms with Gasteiger partial charge in [-0.3, -0.25) is 9.69 Å². The van der Waals surface area contributed by atoms with Crippen molar-refractivity contribution < 1.29 is 14.3 Å². The van der Waals surface area contributed by atoms with Crippen LogP contribution >= 0.6 is 0 Å². The van der Waals surface area contributed by atoms with Crippen molar-refractivity contribution in [1.82, 2.24) is 10.2 Å². The molecular formula is C19H26N2O3. The minimum atomic E-state index is -0.363. The van der Waals surface area contributed by atoms with Gasteiger partial charge in [-0.15, -0.1) is 0 Å². The van der Waals surface area contributed by atoms with Gasteiger partial charge in [0.05, 0.1) is 19.8 Å². The highest BCUT2D eigenvalue weighted by Crippen LogP contribution is 2.43. The van der Waals surface area contributed by atoms with Gasteiger partial charge in [0, 0.05) is 19.7 Å². The molecule has 24 heavy (non-hydrogen) atoms. The summed E-state index contributed by atoms with van der Waals surface area (Å²) in [5.41, 5.74) is 0.511. The molecule has 0 aromatic heterocycles. The molecule has 3 aliphatic rings. The number of ether oxygens (including phenoxy) is 2. The molecule has 1 aromatic carbocycles. The smallest absolute Gasteiger partial charge is 0.240 e. The number of carbonyl (C=O) groups is 1. The molecule has 1 aliphatic carbocycles. The zero-order valence-corrected chi connectivity index (χ0v) is 14.1. The van der Waals surface area contributed by atoms with Crippen molar-refractivity contribution in [2.24, 2.45) is 0 Å². The second-order valence-electron chi connectivity index (χ2n) is 7.13. The fraction of sp³-hybridized carbons (Fsp3) is 0.632. The van der Waals surface area contributed by atoms with E-state index in [0.29, 0.717) is 6.54 Å².